The molecule has 0 saturated heterocycles. The van der Waals surface area contributed by atoms with Crippen LogP contribution in [0.1, 0.15) is 117 Å². The minimum Gasteiger partial charge on any atom is -0.464 e. The maximum absolute atomic E-state index is 12.1. The van der Waals surface area contributed by atoms with Crippen LogP contribution in [-0.2, 0) is 14.3 Å². The van der Waals surface area contributed by atoms with Crippen LogP contribution >= 0.6 is 0 Å². The van der Waals surface area contributed by atoms with E-state index in [2.05, 4.69) is 18.3 Å². The Hall–Kier alpha value is -1.62. The summed E-state index contributed by atoms with van der Waals surface area (Å²) in [6, 6.07) is -0.606. The lowest BCUT2D eigenvalue weighted by molar-refractivity contribution is -0.147. The number of allylic oxidation sites excluding steroid dienone is 3. The Morgan fingerprint density at radius 3 is 2.03 bits per heavy atom. The quantitative estimate of drug-likeness (QED) is 0.0869. The van der Waals surface area contributed by atoms with E-state index >= 15 is 0 Å². The third-order valence-corrected chi connectivity index (χ3v) is 5.47. The highest BCUT2D eigenvalue weighted by atomic mass is 16.5. The molecule has 0 unspecified atom stereocenters. The van der Waals surface area contributed by atoms with E-state index in [1.165, 1.54) is 76.7 Å². The maximum atomic E-state index is 12.1. The van der Waals surface area contributed by atoms with E-state index < -0.39 is 6.04 Å². The van der Waals surface area contributed by atoms with E-state index in [-0.39, 0.29) is 11.9 Å². The topological polar surface area (TPSA) is 81.4 Å². The summed E-state index contributed by atoms with van der Waals surface area (Å²) >= 11 is 0. The van der Waals surface area contributed by atoms with Gasteiger partial charge in [0.05, 0.1) is 6.61 Å². The number of ether oxygens (including phenoxy) is 1. The molecule has 5 heteroatoms. The van der Waals surface area contributed by atoms with Gasteiger partial charge in [-0.1, -0.05) is 96.3 Å². The average molecular weight is 451 g/mol. The molecule has 0 aliphatic rings. The van der Waals surface area contributed by atoms with Gasteiger partial charge < -0.3 is 15.8 Å². The minimum absolute atomic E-state index is 0.268. The Morgan fingerprint density at radius 1 is 0.812 bits per heavy atom. The first kappa shape index (κ1) is 30.4. The van der Waals surface area contributed by atoms with E-state index in [0.717, 1.165) is 25.7 Å². The van der Waals surface area contributed by atoms with Gasteiger partial charge in [0.1, 0.15) is 6.04 Å². The van der Waals surface area contributed by atoms with E-state index in [0.29, 0.717) is 19.6 Å². The van der Waals surface area contributed by atoms with Crippen LogP contribution in [0.2, 0.25) is 0 Å². The molecule has 0 saturated carbocycles. The summed E-state index contributed by atoms with van der Waals surface area (Å²) in [5.41, 5.74) is 5.52. The van der Waals surface area contributed by atoms with Gasteiger partial charge >= 0.3 is 5.97 Å². The largest absolute Gasteiger partial charge is 0.464 e. The molecule has 0 radical (unpaired) electrons. The monoisotopic (exact) mass is 450 g/mol. The summed E-state index contributed by atoms with van der Waals surface area (Å²) in [4.78, 5) is 24.3. The minimum atomic E-state index is -0.606. The molecule has 0 spiro atoms. The van der Waals surface area contributed by atoms with Gasteiger partial charge in [-0.3, -0.25) is 4.79 Å². The molecule has 0 fully saturated rings. The molecule has 0 aromatic heterocycles. The maximum Gasteiger partial charge on any atom is 0.328 e. The average Bonchev–Trinajstić information content (AvgIpc) is 2.79. The third-order valence-electron chi connectivity index (χ3n) is 5.47. The zero-order valence-corrected chi connectivity index (χ0v) is 20.9. The highest BCUT2D eigenvalue weighted by Gasteiger charge is 2.20. The summed E-state index contributed by atoms with van der Waals surface area (Å²) in [5, 5.41) is 2.76. The van der Waals surface area contributed by atoms with Gasteiger partial charge in [0.15, 0.2) is 0 Å². The van der Waals surface area contributed by atoms with Crippen molar-refractivity contribution in [3.63, 3.8) is 0 Å². The number of hydrogen-bond donors (Lipinski definition) is 2. The highest BCUT2D eigenvalue weighted by Crippen LogP contribution is 2.12. The molecule has 0 aromatic rings. The van der Waals surface area contributed by atoms with Crippen molar-refractivity contribution in [3.05, 3.63) is 24.3 Å². The molecule has 1 amide bonds. The third kappa shape index (κ3) is 20.3. The number of nitrogens with two attached hydrogens (primary N) is 1. The van der Waals surface area contributed by atoms with Gasteiger partial charge in [-0.15, -0.1) is 0 Å². The first-order valence-electron chi connectivity index (χ1n) is 13.2. The SMILES string of the molecule is CCCCCCCCCCCCCC=CC=CC(=O)N[C@@H](CCCCN)C(=O)OCCC. The second-order valence-electron chi connectivity index (χ2n) is 8.62. The van der Waals surface area contributed by atoms with E-state index in [1.807, 2.05) is 13.0 Å². The van der Waals surface area contributed by atoms with Crippen molar-refractivity contribution in [2.75, 3.05) is 13.2 Å². The summed E-state index contributed by atoms with van der Waals surface area (Å²) < 4.78 is 5.19. The summed E-state index contributed by atoms with van der Waals surface area (Å²) in [5.74, 6) is -0.631. The summed E-state index contributed by atoms with van der Waals surface area (Å²) in [7, 11) is 0. The first-order chi connectivity index (χ1) is 15.7. The fraction of sp³-hybridized carbons (Fsp3) is 0.778. The fourth-order valence-electron chi connectivity index (χ4n) is 3.51. The number of rotatable bonds is 22. The summed E-state index contributed by atoms with van der Waals surface area (Å²) in [6.45, 7) is 5.16. The zero-order chi connectivity index (χ0) is 23.7. The molecule has 0 aliphatic carbocycles. The fourth-order valence-corrected chi connectivity index (χ4v) is 3.51. The molecule has 32 heavy (non-hydrogen) atoms. The first-order valence-corrected chi connectivity index (χ1v) is 13.2. The Kier molecular flexibility index (Phi) is 22.8. The number of carbonyl (C=O) groups excluding carboxylic acids is 2. The van der Waals surface area contributed by atoms with Gasteiger partial charge in [0.25, 0.3) is 0 Å². The van der Waals surface area contributed by atoms with Crippen LogP contribution in [0.25, 0.3) is 0 Å². The van der Waals surface area contributed by atoms with Gasteiger partial charge in [-0.2, -0.15) is 0 Å². The van der Waals surface area contributed by atoms with Crippen LogP contribution in [0.3, 0.4) is 0 Å². The number of hydrogen-bond acceptors (Lipinski definition) is 4. The van der Waals surface area contributed by atoms with Crippen molar-refractivity contribution in [1.29, 1.82) is 0 Å². The predicted molar refractivity (Wildman–Crippen MR) is 135 cm³/mol. The van der Waals surface area contributed by atoms with Gasteiger partial charge in [-0.05, 0) is 45.1 Å². The predicted octanol–water partition coefficient (Wildman–Crippen LogP) is 6.37. The van der Waals surface area contributed by atoms with Gasteiger partial charge in [-0.25, -0.2) is 4.79 Å². The van der Waals surface area contributed by atoms with Crippen molar-refractivity contribution >= 4 is 11.9 Å². The van der Waals surface area contributed by atoms with E-state index in [4.69, 9.17) is 10.5 Å². The summed E-state index contributed by atoms with van der Waals surface area (Å²) in [6.07, 6.45) is 26.0. The molecule has 0 aromatic carbocycles. The van der Waals surface area contributed by atoms with E-state index in [1.54, 1.807) is 6.08 Å². The molecule has 0 aliphatic heterocycles. The normalized spacial score (nSPS) is 12.5. The number of esters is 1. The molecule has 1 atom stereocenters. The number of unbranched alkanes of at least 4 members (excludes halogenated alkanes) is 12. The second-order valence-corrected chi connectivity index (χ2v) is 8.62. The Labute approximate surface area is 197 Å². The molecule has 0 heterocycles. The Bertz CT molecular complexity index is 503. The van der Waals surface area contributed by atoms with Crippen LogP contribution in [0.15, 0.2) is 24.3 Å². The highest BCUT2D eigenvalue weighted by molar-refractivity contribution is 5.91. The standard InChI is InChI=1S/C27H50N2O3/c1-3-5-6-7-8-9-10-11-12-13-14-15-16-17-18-22-26(30)29-25(21-19-20-23-28)27(31)32-24-4-2/h16-18,22,25H,3-15,19-21,23-24,28H2,1-2H3,(H,29,30)/t25-/m0/s1. The number of amides is 1. The second kappa shape index (κ2) is 24.0. The molecular formula is C27H50N2O3. The lowest BCUT2D eigenvalue weighted by atomic mass is 10.1. The van der Waals surface area contributed by atoms with Crippen LogP contribution in [0.4, 0.5) is 0 Å². The molecule has 0 rings (SSSR count). The Morgan fingerprint density at radius 2 is 1.44 bits per heavy atom. The van der Waals surface area contributed by atoms with Crippen molar-refractivity contribution in [1.82, 2.24) is 5.32 Å². The van der Waals surface area contributed by atoms with Gasteiger partial charge in [0.2, 0.25) is 5.91 Å². The number of nitrogens with one attached hydrogen (secondary N) is 1. The van der Waals surface area contributed by atoms with Crippen LogP contribution in [0.5, 0.6) is 0 Å². The molecular weight excluding hydrogens is 400 g/mol. The van der Waals surface area contributed by atoms with Crippen LogP contribution < -0.4 is 11.1 Å². The molecule has 0 bridgehead atoms. The van der Waals surface area contributed by atoms with Crippen molar-refractivity contribution in [3.8, 4) is 0 Å². The Balaban J connectivity index is 3.89. The molecule has 5 nitrogen and oxygen atoms in total. The molecule has 186 valence electrons. The zero-order valence-electron chi connectivity index (χ0n) is 20.9. The van der Waals surface area contributed by atoms with E-state index in [9.17, 15) is 9.59 Å². The lowest BCUT2D eigenvalue weighted by Crippen LogP contribution is -2.41. The van der Waals surface area contributed by atoms with Crippen LogP contribution in [-0.4, -0.2) is 31.1 Å². The smallest absolute Gasteiger partial charge is 0.328 e. The van der Waals surface area contributed by atoms with Gasteiger partial charge in [0, 0.05) is 6.08 Å². The molecule has 3 N–H and O–H groups in total. The van der Waals surface area contributed by atoms with Crippen molar-refractivity contribution in [2.24, 2.45) is 5.73 Å². The van der Waals surface area contributed by atoms with Crippen LogP contribution in [0, 0.1) is 0 Å². The van der Waals surface area contributed by atoms with Crippen molar-refractivity contribution in [2.45, 2.75) is 123 Å². The lowest BCUT2D eigenvalue weighted by Gasteiger charge is -2.16. The van der Waals surface area contributed by atoms with Crippen molar-refractivity contribution < 1.29 is 14.3 Å². The number of carbonyl (C=O) groups is 2.